The predicted molar refractivity (Wildman–Crippen MR) is 64.1 cm³/mol. The first kappa shape index (κ1) is 11.2. The zero-order chi connectivity index (χ0) is 11.8. The van der Waals surface area contributed by atoms with Crippen LogP contribution < -0.4 is 5.73 Å². The van der Waals surface area contributed by atoms with Gasteiger partial charge in [0.05, 0.1) is 12.2 Å². The van der Waals surface area contributed by atoms with Gasteiger partial charge in [0, 0.05) is 12.0 Å². The van der Waals surface area contributed by atoms with Crippen LogP contribution in [-0.2, 0) is 11.2 Å². The molecule has 2 aliphatic heterocycles. The number of hydrogen-bond acceptors (Lipinski definition) is 2. The van der Waals surface area contributed by atoms with Gasteiger partial charge in [0.2, 0.25) is 0 Å². The van der Waals surface area contributed by atoms with E-state index in [0.717, 1.165) is 24.8 Å². The number of nitrogens with two attached hydrogens (primary N) is 1. The van der Waals surface area contributed by atoms with Gasteiger partial charge in [0.25, 0.3) is 0 Å². The van der Waals surface area contributed by atoms with Crippen LogP contribution in [0.5, 0.6) is 0 Å². The lowest BCUT2D eigenvalue weighted by molar-refractivity contribution is 0.0885. The molecule has 2 bridgehead atoms. The van der Waals surface area contributed by atoms with E-state index in [1.807, 2.05) is 12.1 Å². The molecule has 2 N–H and O–H groups in total. The lowest BCUT2D eigenvalue weighted by atomic mass is 9.82. The van der Waals surface area contributed by atoms with E-state index in [-0.39, 0.29) is 11.9 Å². The molecule has 3 heteroatoms. The number of halogens is 1. The van der Waals surface area contributed by atoms with Gasteiger partial charge in [-0.2, -0.15) is 0 Å². The lowest BCUT2D eigenvalue weighted by Crippen LogP contribution is -2.37. The van der Waals surface area contributed by atoms with Crippen LogP contribution in [-0.4, -0.2) is 18.2 Å². The predicted octanol–water partition coefficient (Wildman–Crippen LogP) is 2.26. The summed E-state index contributed by atoms with van der Waals surface area (Å²) in [5, 5.41) is 0. The van der Waals surface area contributed by atoms with Crippen LogP contribution in [0.4, 0.5) is 4.39 Å². The zero-order valence-electron chi connectivity index (χ0n) is 9.81. The first-order valence-corrected chi connectivity index (χ1v) is 6.38. The van der Waals surface area contributed by atoms with Gasteiger partial charge in [0.15, 0.2) is 0 Å². The van der Waals surface area contributed by atoms with Gasteiger partial charge in [-0.15, -0.1) is 0 Å². The molecule has 2 saturated heterocycles. The third-order valence-corrected chi connectivity index (χ3v) is 4.09. The minimum atomic E-state index is -0.189. The van der Waals surface area contributed by atoms with Gasteiger partial charge in [-0.25, -0.2) is 4.39 Å². The molecule has 92 valence electrons. The number of fused-ring (bicyclic) bond motifs is 2. The number of hydrogen-bond donors (Lipinski definition) is 1. The van der Waals surface area contributed by atoms with E-state index < -0.39 is 0 Å². The molecule has 2 aliphatic rings. The average molecular weight is 235 g/mol. The monoisotopic (exact) mass is 235 g/mol. The molecule has 1 aromatic rings. The summed E-state index contributed by atoms with van der Waals surface area (Å²) in [6, 6.07) is 6.78. The second-order valence-electron chi connectivity index (χ2n) is 5.27. The van der Waals surface area contributed by atoms with E-state index in [9.17, 15) is 4.39 Å². The standard InChI is InChI=1S/C14H18FNO/c15-10-3-1-9(2-4-10)7-13(16)12-8-11-5-6-14(12)17-11/h1-4,11-14H,5-8,16H2. The number of benzene rings is 1. The number of rotatable bonds is 3. The second kappa shape index (κ2) is 4.39. The highest BCUT2D eigenvalue weighted by atomic mass is 19.1. The highest BCUT2D eigenvalue weighted by Crippen LogP contribution is 2.40. The lowest BCUT2D eigenvalue weighted by Gasteiger charge is -2.25. The fourth-order valence-electron chi connectivity index (χ4n) is 3.17. The van der Waals surface area contributed by atoms with E-state index in [2.05, 4.69) is 0 Å². The van der Waals surface area contributed by atoms with Crippen LogP contribution in [0.1, 0.15) is 24.8 Å². The van der Waals surface area contributed by atoms with E-state index in [0.29, 0.717) is 18.1 Å². The summed E-state index contributed by atoms with van der Waals surface area (Å²) in [5.41, 5.74) is 7.37. The Bertz CT molecular complexity index is 392. The Morgan fingerprint density at radius 2 is 2.06 bits per heavy atom. The van der Waals surface area contributed by atoms with Crippen molar-refractivity contribution in [1.82, 2.24) is 0 Å². The molecule has 2 nitrogen and oxygen atoms in total. The molecule has 2 heterocycles. The van der Waals surface area contributed by atoms with Gasteiger partial charge >= 0.3 is 0 Å². The van der Waals surface area contributed by atoms with Crippen molar-refractivity contribution in [2.45, 2.75) is 43.9 Å². The molecule has 4 unspecified atom stereocenters. The maximum atomic E-state index is 12.8. The molecular formula is C14H18FNO. The van der Waals surface area contributed by atoms with Crippen molar-refractivity contribution in [2.75, 3.05) is 0 Å². The molecule has 0 aliphatic carbocycles. The fourth-order valence-corrected chi connectivity index (χ4v) is 3.17. The quantitative estimate of drug-likeness (QED) is 0.872. The Morgan fingerprint density at radius 3 is 2.65 bits per heavy atom. The summed E-state index contributed by atoms with van der Waals surface area (Å²) in [5.74, 6) is 0.296. The summed E-state index contributed by atoms with van der Waals surface area (Å²) in [6.45, 7) is 0. The Balaban J connectivity index is 1.63. The van der Waals surface area contributed by atoms with E-state index in [1.54, 1.807) is 0 Å². The van der Waals surface area contributed by atoms with Crippen LogP contribution in [0.3, 0.4) is 0 Å². The van der Waals surface area contributed by atoms with Gasteiger partial charge in [-0.1, -0.05) is 12.1 Å². The van der Waals surface area contributed by atoms with Gasteiger partial charge in [-0.05, 0) is 43.4 Å². The summed E-state index contributed by atoms with van der Waals surface area (Å²) in [6.07, 6.45) is 5.10. The Hall–Kier alpha value is -0.930. The highest BCUT2D eigenvalue weighted by Gasteiger charge is 2.43. The smallest absolute Gasteiger partial charge is 0.123 e. The molecule has 0 spiro atoms. The zero-order valence-corrected chi connectivity index (χ0v) is 9.81. The molecule has 17 heavy (non-hydrogen) atoms. The molecule has 1 aromatic carbocycles. The molecule has 2 fully saturated rings. The summed E-state index contributed by atoms with van der Waals surface area (Å²) in [4.78, 5) is 0. The van der Waals surface area contributed by atoms with Gasteiger partial charge in [-0.3, -0.25) is 0 Å². The topological polar surface area (TPSA) is 35.2 Å². The van der Waals surface area contributed by atoms with Crippen molar-refractivity contribution in [3.8, 4) is 0 Å². The van der Waals surface area contributed by atoms with Crippen LogP contribution >= 0.6 is 0 Å². The first-order chi connectivity index (χ1) is 8.22. The maximum Gasteiger partial charge on any atom is 0.123 e. The Labute approximate surface area is 101 Å². The molecule has 3 rings (SSSR count). The molecule has 0 aromatic heterocycles. The maximum absolute atomic E-state index is 12.8. The van der Waals surface area contributed by atoms with Crippen molar-refractivity contribution in [1.29, 1.82) is 0 Å². The molecule has 4 atom stereocenters. The first-order valence-electron chi connectivity index (χ1n) is 6.38. The molecule has 0 saturated carbocycles. The summed E-state index contributed by atoms with van der Waals surface area (Å²) >= 11 is 0. The normalized spacial score (nSPS) is 32.9. The van der Waals surface area contributed by atoms with Gasteiger partial charge < -0.3 is 10.5 Å². The summed E-state index contributed by atoms with van der Waals surface area (Å²) < 4.78 is 18.6. The van der Waals surface area contributed by atoms with Crippen LogP contribution in [0, 0.1) is 11.7 Å². The van der Waals surface area contributed by atoms with Crippen molar-refractivity contribution in [2.24, 2.45) is 11.7 Å². The summed E-state index contributed by atoms with van der Waals surface area (Å²) in [7, 11) is 0. The van der Waals surface area contributed by atoms with Crippen LogP contribution in [0.25, 0.3) is 0 Å². The third-order valence-electron chi connectivity index (χ3n) is 4.09. The third kappa shape index (κ3) is 2.22. The Morgan fingerprint density at radius 1 is 1.29 bits per heavy atom. The molecule has 0 amide bonds. The van der Waals surface area contributed by atoms with Crippen molar-refractivity contribution < 1.29 is 9.13 Å². The number of ether oxygens (including phenoxy) is 1. The van der Waals surface area contributed by atoms with Crippen LogP contribution in [0.15, 0.2) is 24.3 Å². The fraction of sp³-hybridized carbons (Fsp3) is 0.571. The van der Waals surface area contributed by atoms with Crippen LogP contribution in [0.2, 0.25) is 0 Å². The highest BCUT2D eigenvalue weighted by molar-refractivity contribution is 5.17. The minimum absolute atomic E-state index is 0.135. The van der Waals surface area contributed by atoms with Crippen molar-refractivity contribution in [3.05, 3.63) is 35.6 Å². The van der Waals surface area contributed by atoms with Gasteiger partial charge in [0.1, 0.15) is 5.82 Å². The van der Waals surface area contributed by atoms with Crippen molar-refractivity contribution in [3.63, 3.8) is 0 Å². The second-order valence-corrected chi connectivity index (χ2v) is 5.27. The minimum Gasteiger partial charge on any atom is -0.375 e. The van der Waals surface area contributed by atoms with E-state index in [4.69, 9.17) is 10.5 Å². The van der Waals surface area contributed by atoms with E-state index >= 15 is 0 Å². The Kier molecular flexibility index (Phi) is 2.89. The molecule has 0 radical (unpaired) electrons. The SMILES string of the molecule is NC(Cc1ccc(F)cc1)C1CC2CCC1O2. The van der Waals surface area contributed by atoms with E-state index in [1.165, 1.54) is 18.6 Å². The average Bonchev–Trinajstić information content (AvgIpc) is 2.94. The van der Waals surface area contributed by atoms with Crippen molar-refractivity contribution >= 4 is 0 Å². The largest absolute Gasteiger partial charge is 0.375 e. The molecular weight excluding hydrogens is 217 g/mol.